The van der Waals surface area contributed by atoms with Gasteiger partial charge in [-0.05, 0) is 77.0 Å². The third kappa shape index (κ3) is 56.3. The first kappa shape index (κ1) is 67.4. The van der Waals surface area contributed by atoms with Crippen LogP contribution in [0.15, 0.2) is 48.6 Å². The van der Waals surface area contributed by atoms with E-state index in [-0.39, 0.29) is 31.1 Å². The lowest BCUT2D eigenvalue weighted by molar-refractivity contribution is -0.167. The minimum Gasteiger partial charge on any atom is -0.462 e. The summed E-state index contributed by atoms with van der Waals surface area (Å²) in [6, 6.07) is 0. The molecule has 0 aliphatic heterocycles. The van der Waals surface area contributed by atoms with Crippen molar-refractivity contribution in [3.63, 3.8) is 0 Å². The molecule has 70 heavy (non-hydrogen) atoms. The lowest BCUT2D eigenvalue weighted by Gasteiger charge is -2.18. The van der Waals surface area contributed by atoms with Crippen LogP contribution in [0.1, 0.15) is 323 Å². The molecular formula is C64H116O6. The number of ether oxygens (including phenoxy) is 3. The second-order valence-electron chi connectivity index (χ2n) is 20.6. The van der Waals surface area contributed by atoms with E-state index in [1.54, 1.807) is 0 Å². The van der Waals surface area contributed by atoms with Crippen molar-refractivity contribution in [1.29, 1.82) is 0 Å². The maximum Gasteiger partial charge on any atom is 0.306 e. The molecule has 0 spiro atoms. The van der Waals surface area contributed by atoms with E-state index in [0.717, 1.165) is 83.5 Å². The molecule has 0 amide bonds. The van der Waals surface area contributed by atoms with Crippen LogP contribution in [0.4, 0.5) is 0 Å². The van der Waals surface area contributed by atoms with Crippen LogP contribution in [0.5, 0.6) is 0 Å². The molecule has 0 aromatic rings. The Morgan fingerprint density at radius 3 is 0.886 bits per heavy atom. The zero-order valence-corrected chi connectivity index (χ0v) is 46.8. The average Bonchev–Trinajstić information content (AvgIpc) is 3.36. The van der Waals surface area contributed by atoms with E-state index in [1.165, 1.54) is 199 Å². The van der Waals surface area contributed by atoms with Crippen molar-refractivity contribution in [2.75, 3.05) is 13.2 Å². The Kier molecular flexibility index (Phi) is 56.7. The summed E-state index contributed by atoms with van der Waals surface area (Å²) in [5, 5.41) is 0. The molecule has 408 valence electrons. The van der Waals surface area contributed by atoms with E-state index in [0.29, 0.717) is 19.3 Å². The lowest BCUT2D eigenvalue weighted by Crippen LogP contribution is -2.30. The van der Waals surface area contributed by atoms with Crippen molar-refractivity contribution in [1.82, 2.24) is 0 Å². The summed E-state index contributed by atoms with van der Waals surface area (Å²) < 4.78 is 16.9. The predicted octanol–water partition coefficient (Wildman–Crippen LogP) is 20.6. The zero-order valence-electron chi connectivity index (χ0n) is 46.8. The van der Waals surface area contributed by atoms with Crippen molar-refractivity contribution in [2.45, 2.75) is 329 Å². The molecule has 0 aliphatic carbocycles. The Labute approximate surface area is 435 Å². The van der Waals surface area contributed by atoms with Crippen LogP contribution in [-0.2, 0) is 28.6 Å². The van der Waals surface area contributed by atoms with Crippen molar-refractivity contribution in [3.8, 4) is 0 Å². The molecule has 0 aromatic heterocycles. The third-order valence-electron chi connectivity index (χ3n) is 13.6. The minimum absolute atomic E-state index is 0.0750. The van der Waals surface area contributed by atoms with E-state index in [2.05, 4.69) is 69.4 Å². The van der Waals surface area contributed by atoms with E-state index < -0.39 is 6.10 Å². The minimum atomic E-state index is -0.779. The SMILES string of the molecule is CC/C=C\C/C=C\C/C=C\CCCCCCCCCC(=O)OC(COC(=O)CCCCCCCCC/C=C\CCCCCCCC)COC(=O)CCCCCCCCCCCCCCCCCCCC. The van der Waals surface area contributed by atoms with Crippen LogP contribution >= 0.6 is 0 Å². The summed E-state index contributed by atoms with van der Waals surface area (Å²) in [6.07, 6.45) is 72.5. The van der Waals surface area contributed by atoms with Gasteiger partial charge >= 0.3 is 17.9 Å². The summed E-state index contributed by atoms with van der Waals surface area (Å²) in [6.45, 7) is 6.56. The van der Waals surface area contributed by atoms with E-state index in [9.17, 15) is 14.4 Å². The Morgan fingerprint density at radius 2 is 0.557 bits per heavy atom. The van der Waals surface area contributed by atoms with Gasteiger partial charge in [0.15, 0.2) is 6.10 Å². The molecule has 0 bridgehead atoms. The van der Waals surface area contributed by atoms with Gasteiger partial charge in [-0.15, -0.1) is 0 Å². The van der Waals surface area contributed by atoms with Gasteiger partial charge in [0.2, 0.25) is 0 Å². The quantitative estimate of drug-likeness (QED) is 0.0261. The van der Waals surface area contributed by atoms with Gasteiger partial charge in [0.1, 0.15) is 13.2 Å². The first-order valence-corrected chi connectivity index (χ1v) is 30.6. The number of hydrogen-bond donors (Lipinski definition) is 0. The van der Waals surface area contributed by atoms with Gasteiger partial charge in [-0.25, -0.2) is 0 Å². The van der Waals surface area contributed by atoms with Crippen LogP contribution in [0.25, 0.3) is 0 Å². The molecule has 0 aliphatic rings. The highest BCUT2D eigenvalue weighted by atomic mass is 16.6. The third-order valence-corrected chi connectivity index (χ3v) is 13.6. The predicted molar refractivity (Wildman–Crippen MR) is 302 cm³/mol. The van der Waals surface area contributed by atoms with Crippen LogP contribution in [0.3, 0.4) is 0 Å². The van der Waals surface area contributed by atoms with Gasteiger partial charge in [0.25, 0.3) is 0 Å². The average molecular weight is 982 g/mol. The number of hydrogen-bond acceptors (Lipinski definition) is 6. The first-order valence-electron chi connectivity index (χ1n) is 30.6. The van der Waals surface area contributed by atoms with Crippen LogP contribution < -0.4 is 0 Å². The lowest BCUT2D eigenvalue weighted by atomic mass is 10.0. The molecule has 0 rings (SSSR count). The second-order valence-corrected chi connectivity index (χ2v) is 20.6. The molecular weight excluding hydrogens is 865 g/mol. The number of rotatable bonds is 56. The van der Waals surface area contributed by atoms with Gasteiger partial charge in [-0.3, -0.25) is 14.4 Å². The van der Waals surface area contributed by atoms with Gasteiger partial charge < -0.3 is 14.2 Å². The summed E-state index contributed by atoms with van der Waals surface area (Å²) in [7, 11) is 0. The number of allylic oxidation sites excluding steroid dienone is 8. The Balaban J connectivity index is 4.36. The van der Waals surface area contributed by atoms with Gasteiger partial charge in [-0.1, -0.05) is 275 Å². The highest BCUT2D eigenvalue weighted by Crippen LogP contribution is 2.17. The molecule has 0 radical (unpaired) electrons. The molecule has 0 heterocycles. The van der Waals surface area contributed by atoms with Crippen molar-refractivity contribution >= 4 is 17.9 Å². The summed E-state index contributed by atoms with van der Waals surface area (Å²) in [4.78, 5) is 38.3. The van der Waals surface area contributed by atoms with E-state index >= 15 is 0 Å². The second kappa shape index (κ2) is 58.9. The fourth-order valence-corrected chi connectivity index (χ4v) is 8.98. The topological polar surface area (TPSA) is 78.9 Å². The fraction of sp³-hybridized carbons (Fsp3) is 0.828. The van der Waals surface area contributed by atoms with Gasteiger partial charge in [0.05, 0.1) is 0 Å². The Hall–Kier alpha value is -2.63. The molecule has 1 unspecified atom stereocenters. The highest BCUT2D eigenvalue weighted by Gasteiger charge is 2.19. The maximum atomic E-state index is 12.9. The smallest absolute Gasteiger partial charge is 0.306 e. The van der Waals surface area contributed by atoms with Gasteiger partial charge in [-0.2, -0.15) is 0 Å². The van der Waals surface area contributed by atoms with E-state index in [1.807, 2.05) is 0 Å². The summed E-state index contributed by atoms with van der Waals surface area (Å²) in [5.41, 5.74) is 0. The van der Waals surface area contributed by atoms with Crippen molar-refractivity contribution in [3.05, 3.63) is 48.6 Å². The van der Waals surface area contributed by atoms with Crippen molar-refractivity contribution in [2.24, 2.45) is 0 Å². The summed E-state index contributed by atoms with van der Waals surface area (Å²) in [5.74, 6) is -0.870. The molecule has 0 N–H and O–H groups in total. The molecule has 0 fully saturated rings. The molecule has 0 saturated carbocycles. The normalized spacial score (nSPS) is 12.3. The number of unbranched alkanes of at least 4 members (excludes halogenated alkanes) is 37. The Bertz CT molecular complexity index is 1220. The van der Waals surface area contributed by atoms with E-state index in [4.69, 9.17) is 14.2 Å². The fourth-order valence-electron chi connectivity index (χ4n) is 8.98. The molecule has 0 saturated heterocycles. The maximum absolute atomic E-state index is 12.9. The molecule has 6 heteroatoms. The van der Waals surface area contributed by atoms with Crippen LogP contribution in [0, 0.1) is 0 Å². The molecule has 6 nitrogen and oxygen atoms in total. The highest BCUT2D eigenvalue weighted by molar-refractivity contribution is 5.71. The largest absolute Gasteiger partial charge is 0.462 e. The van der Waals surface area contributed by atoms with Crippen LogP contribution in [0.2, 0.25) is 0 Å². The van der Waals surface area contributed by atoms with Crippen LogP contribution in [-0.4, -0.2) is 37.2 Å². The first-order chi connectivity index (χ1) is 34.5. The number of carbonyl (C=O) groups excluding carboxylic acids is 3. The van der Waals surface area contributed by atoms with Gasteiger partial charge in [0, 0.05) is 19.3 Å². The molecule has 0 aromatic carbocycles. The number of carbonyl (C=O) groups is 3. The number of esters is 3. The zero-order chi connectivity index (χ0) is 50.7. The monoisotopic (exact) mass is 981 g/mol. The standard InChI is InChI=1S/C64H116O6/c1-4-7-10-13-16-19-22-25-28-31-34-36-39-42-45-48-51-54-57-63(66)69-60-61(70-64(67)58-55-52-49-46-43-40-37-33-30-27-24-21-18-15-12-9-6-3)59-68-62(65)56-53-50-47-44-41-38-35-32-29-26-23-20-17-14-11-8-5-2/h9,12,18,21,26-27,29-30,61H,4-8,10-11,13-17,19-20,22-25,28,31-60H2,1-3H3/b12-9-,21-18-,29-26-,30-27-. The molecule has 1 atom stereocenters. The Morgan fingerprint density at radius 1 is 0.300 bits per heavy atom. The van der Waals surface area contributed by atoms with Crippen molar-refractivity contribution < 1.29 is 28.6 Å². The summed E-state index contributed by atoms with van der Waals surface area (Å²) >= 11 is 0.